The lowest BCUT2D eigenvalue weighted by atomic mass is 10.7. The fourth-order valence-electron chi connectivity index (χ4n) is 0.253. The Balaban J connectivity index is 0.000000360. The predicted molar refractivity (Wildman–Crippen MR) is 27.1 cm³/mol. The standard InChI is InChI=1S/C4H4N2.H3N/c1-2-5-4-6-3-1;/h1-4H;1H3. The Morgan fingerprint density at radius 3 is 1.71 bits per heavy atom. The van der Waals surface area contributed by atoms with Gasteiger partial charge >= 0.3 is 0 Å². The second kappa shape index (κ2) is 3.24. The van der Waals surface area contributed by atoms with Gasteiger partial charge in [0.2, 0.25) is 0 Å². The molecule has 0 fully saturated rings. The molecule has 38 valence electrons. The molecule has 0 spiro atoms. The highest BCUT2D eigenvalue weighted by Crippen LogP contribution is 1.66. The Morgan fingerprint density at radius 2 is 1.57 bits per heavy atom. The van der Waals surface area contributed by atoms with E-state index in [9.17, 15) is 0 Å². The van der Waals surface area contributed by atoms with Crippen molar-refractivity contribution >= 4 is 0 Å². The first-order valence-corrected chi connectivity index (χ1v) is 1.70. The molecule has 0 bridgehead atoms. The summed E-state index contributed by atoms with van der Waals surface area (Å²) in [4.78, 5) is 7.35. The van der Waals surface area contributed by atoms with Crippen molar-refractivity contribution in [2.45, 2.75) is 0 Å². The van der Waals surface area contributed by atoms with Crippen LogP contribution in [-0.2, 0) is 0 Å². The lowest BCUT2D eigenvalue weighted by molar-refractivity contribution is 1.17. The molecule has 0 unspecified atom stereocenters. The Labute approximate surface area is 42.0 Å². The van der Waals surface area contributed by atoms with Gasteiger partial charge in [0, 0.05) is 12.4 Å². The van der Waals surface area contributed by atoms with Gasteiger partial charge in [0.05, 0.1) is 0 Å². The van der Waals surface area contributed by atoms with Crippen molar-refractivity contribution in [2.75, 3.05) is 0 Å². The highest BCUT2D eigenvalue weighted by molar-refractivity contribution is 4.74. The molecule has 1 aromatic rings. The van der Waals surface area contributed by atoms with E-state index in [4.69, 9.17) is 0 Å². The zero-order valence-electron chi connectivity index (χ0n) is 3.91. The molecule has 0 aliphatic rings. The Morgan fingerprint density at radius 1 is 1.00 bits per heavy atom. The second-order valence-electron chi connectivity index (χ2n) is 0.904. The van der Waals surface area contributed by atoms with E-state index in [0.717, 1.165) is 0 Å². The van der Waals surface area contributed by atoms with Gasteiger partial charge in [-0.3, -0.25) is 0 Å². The molecule has 0 saturated heterocycles. The highest BCUT2D eigenvalue weighted by Gasteiger charge is 1.59. The first-order valence-electron chi connectivity index (χ1n) is 1.70. The molecule has 7 heavy (non-hydrogen) atoms. The number of rotatable bonds is 0. The zero-order chi connectivity index (χ0) is 4.24. The molecule has 0 amide bonds. The molecule has 3 heteroatoms. The number of nitrogens with zero attached hydrogens (tertiary/aromatic N) is 2. The summed E-state index contributed by atoms with van der Waals surface area (Å²) >= 11 is 0. The van der Waals surface area contributed by atoms with Crippen LogP contribution < -0.4 is 6.15 Å². The average Bonchev–Trinajstić information content (AvgIpc) is 1.72. The van der Waals surface area contributed by atoms with E-state index in [1.54, 1.807) is 18.5 Å². The van der Waals surface area contributed by atoms with Crippen molar-refractivity contribution in [2.24, 2.45) is 0 Å². The van der Waals surface area contributed by atoms with Gasteiger partial charge in [0.15, 0.2) is 0 Å². The molecule has 3 N–H and O–H groups in total. The molecule has 3 nitrogen and oxygen atoms in total. The Bertz CT molecular complexity index is 78.9. The van der Waals surface area contributed by atoms with Crippen molar-refractivity contribution in [1.29, 1.82) is 0 Å². The monoisotopic (exact) mass is 97.1 g/mol. The van der Waals surface area contributed by atoms with Crippen LogP contribution in [0.2, 0.25) is 0 Å². The van der Waals surface area contributed by atoms with Crippen LogP contribution >= 0.6 is 0 Å². The quantitative estimate of drug-likeness (QED) is 0.516. The normalized spacial score (nSPS) is 6.86. The van der Waals surface area contributed by atoms with Gasteiger partial charge in [0.25, 0.3) is 0 Å². The lowest BCUT2D eigenvalue weighted by Crippen LogP contribution is -1.66. The van der Waals surface area contributed by atoms with Crippen molar-refractivity contribution in [1.82, 2.24) is 16.1 Å². The third kappa shape index (κ3) is 1.83. The first-order chi connectivity index (χ1) is 3.00. The van der Waals surface area contributed by atoms with Crippen LogP contribution in [0.25, 0.3) is 0 Å². The maximum absolute atomic E-state index is 3.67. The zero-order valence-corrected chi connectivity index (χ0v) is 3.91. The highest BCUT2D eigenvalue weighted by atomic mass is 14.8. The SMILES string of the molecule is N.c1cncnc1. The van der Waals surface area contributed by atoms with Crippen LogP contribution in [0.1, 0.15) is 0 Å². The van der Waals surface area contributed by atoms with Gasteiger partial charge in [-0.25, -0.2) is 9.97 Å². The van der Waals surface area contributed by atoms with E-state index in [1.807, 2.05) is 0 Å². The molecular weight excluding hydrogens is 90.1 g/mol. The molecule has 1 rings (SSSR count). The van der Waals surface area contributed by atoms with Gasteiger partial charge in [-0.15, -0.1) is 0 Å². The fourth-order valence-corrected chi connectivity index (χ4v) is 0.253. The molecule has 1 aromatic heterocycles. The van der Waals surface area contributed by atoms with Gasteiger partial charge < -0.3 is 6.15 Å². The fraction of sp³-hybridized carbons (Fsp3) is 0. The molecule has 0 aromatic carbocycles. The molecule has 0 aliphatic heterocycles. The summed E-state index contributed by atoms with van der Waals surface area (Å²) in [6.07, 6.45) is 4.88. The van der Waals surface area contributed by atoms with Gasteiger partial charge in [0.1, 0.15) is 6.33 Å². The van der Waals surface area contributed by atoms with E-state index in [-0.39, 0.29) is 6.15 Å². The number of hydrogen-bond donors (Lipinski definition) is 1. The van der Waals surface area contributed by atoms with E-state index in [0.29, 0.717) is 0 Å². The van der Waals surface area contributed by atoms with Gasteiger partial charge in [-0.05, 0) is 6.07 Å². The summed E-state index contributed by atoms with van der Waals surface area (Å²) in [5, 5.41) is 0. The molecule has 0 aliphatic carbocycles. The van der Waals surface area contributed by atoms with Crippen LogP contribution in [0.4, 0.5) is 0 Å². The summed E-state index contributed by atoms with van der Waals surface area (Å²) in [5.74, 6) is 0. The first kappa shape index (κ1) is 6.04. The minimum Gasteiger partial charge on any atom is -0.344 e. The van der Waals surface area contributed by atoms with Crippen LogP contribution in [-0.4, -0.2) is 9.97 Å². The summed E-state index contributed by atoms with van der Waals surface area (Å²) in [6, 6.07) is 1.78. The molecule has 0 radical (unpaired) electrons. The third-order valence-electron chi connectivity index (χ3n) is 0.478. The minimum atomic E-state index is 0. The van der Waals surface area contributed by atoms with E-state index < -0.39 is 0 Å². The largest absolute Gasteiger partial charge is 0.344 e. The third-order valence-corrected chi connectivity index (χ3v) is 0.478. The Kier molecular flexibility index (Phi) is 2.79. The maximum atomic E-state index is 3.67. The van der Waals surface area contributed by atoms with E-state index in [1.165, 1.54) is 6.33 Å². The van der Waals surface area contributed by atoms with Crippen LogP contribution in [0.5, 0.6) is 0 Å². The van der Waals surface area contributed by atoms with Crippen LogP contribution in [0.15, 0.2) is 24.8 Å². The predicted octanol–water partition coefficient (Wildman–Crippen LogP) is 0.639. The molecule has 1 heterocycles. The van der Waals surface area contributed by atoms with Crippen molar-refractivity contribution in [3.63, 3.8) is 0 Å². The minimum absolute atomic E-state index is 0. The summed E-state index contributed by atoms with van der Waals surface area (Å²) in [7, 11) is 0. The second-order valence-corrected chi connectivity index (χ2v) is 0.904. The van der Waals surface area contributed by atoms with Crippen molar-refractivity contribution in [3.8, 4) is 0 Å². The summed E-state index contributed by atoms with van der Waals surface area (Å²) in [5.41, 5.74) is 0. The topological polar surface area (TPSA) is 60.8 Å². The molecular formula is C4H7N3. The van der Waals surface area contributed by atoms with Crippen LogP contribution in [0, 0.1) is 0 Å². The molecule has 0 atom stereocenters. The van der Waals surface area contributed by atoms with Crippen LogP contribution in [0.3, 0.4) is 0 Å². The van der Waals surface area contributed by atoms with Gasteiger partial charge in [-0.1, -0.05) is 0 Å². The summed E-state index contributed by atoms with van der Waals surface area (Å²) in [6.45, 7) is 0. The number of hydrogen-bond acceptors (Lipinski definition) is 3. The smallest absolute Gasteiger partial charge is 0.115 e. The van der Waals surface area contributed by atoms with Crippen molar-refractivity contribution in [3.05, 3.63) is 24.8 Å². The summed E-state index contributed by atoms with van der Waals surface area (Å²) < 4.78 is 0. The van der Waals surface area contributed by atoms with Crippen molar-refractivity contribution < 1.29 is 0 Å². The maximum Gasteiger partial charge on any atom is 0.115 e. The average molecular weight is 97.1 g/mol. The van der Waals surface area contributed by atoms with E-state index >= 15 is 0 Å². The number of aromatic nitrogens is 2. The Hall–Kier alpha value is -0.960. The lowest BCUT2D eigenvalue weighted by Gasteiger charge is -1.70. The van der Waals surface area contributed by atoms with Gasteiger partial charge in [-0.2, -0.15) is 0 Å². The molecule has 0 saturated carbocycles. The van der Waals surface area contributed by atoms with E-state index in [2.05, 4.69) is 9.97 Å².